The number of hydrogen-bond donors (Lipinski definition) is 1. The Kier molecular flexibility index (Phi) is 2.69. The molecule has 0 aromatic carbocycles. The molecule has 4 aliphatic rings. The van der Waals surface area contributed by atoms with Gasteiger partial charge in [0.2, 0.25) is 0 Å². The molecule has 0 nitrogen and oxygen atoms in total. The van der Waals surface area contributed by atoms with Crippen LogP contribution in [-0.2, 0) is 0 Å². The monoisotopic (exact) mass is 280 g/mol. The van der Waals surface area contributed by atoms with Crippen molar-refractivity contribution in [3.05, 3.63) is 12.2 Å². The molecule has 1 heterocycles. The lowest BCUT2D eigenvalue weighted by molar-refractivity contribution is 0.129. The fourth-order valence-corrected chi connectivity index (χ4v) is 8.25. The summed E-state index contributed by atoms with van der Waals surface area (Å²) in [5, 5.41) is 0.698. The molecule has 0 bridgehead atoms. The molecule has 100 valence electrons. The molecule has 0 aromatic heterocycles. The minimum atomic E-state index is 0.632. The molecule has 2 heteroatoms. The normalized spacial score (nSPS) is 54.9. The van der Waals surface area contributed by atoms with Crippen LogP contribution in [-0.4, -0.2) is 14.7 Å². The van der Waals surface area contributed by atoms with Crippen molar-refractivity contribution in [1.29, 1.82) is 0 Å². The second kappa shape index (κ2) is 3.97. The summed E-state index contributed by atoms with van der Waals surface area (Å²) in [5.41, 5.74) is 1.54. The van der Waals surface area contributed by atoms with Crippen molar-refractivity contribution in [3.8, 4) is 0 Å². The van der Waals surface area contributed by atoms with E-state index in [1.54, 1.807) is 5.57 Å². The zero-order chi connectivity index (χ0) is 12.4. The minimum absolute atomic E-state index is 0.632. The number of fused-ring (bicyclic) bond motifs is 1. The van der Waals surface area contributed by atoms with Crippen LogP contribution in [0.1, 0.15) is 57.8 Å². The average molecular weight is 281 g/mol. The second-order valence-corrected chi connectivity index (χ2v) is 9.45. The Morgan fingerprint density at radius 1 is 1.17 bits per heavy atom. The molecular formula is C16H24S2. The first kappa shape index (κ1) is 12.2. The van der Waals surface area contributed by atoms with Gasteiger partial charge in [-0.05, 0) is 63.2 Å². The summed E-state index contributed by atoms with van der Waals surface area (Å²) >= 11 is 7.28. The maximum Gasteiger partial charge on any atom is 0.0352 e. The summed E-state index contributed by atoms with van der Waals surface area (Å²) in [6.45, 7) is 4.32. The maximum atomic E-state index is 4.91. The van der Waals surface area contributed by atoms with Crippen molar-refractivity contribution in [2.75, 3.05) is 0 Å². The zero-order valence-corrected chi connectivity index (χ0v) is 12.9. The third kappa shape index (κ3) is 1.48. The Hall–Kier alpha value is 0.440. The summed E-state index contributed by atoms with van der Waals surface area (Å²) in [4.78, 5) is 0. The average Bonchev–Trinajstić information content (AvgIpc) is 2.99. The highest BCUT2D eigenvalue weighted by Crippen LogP contribution is 2.79. The number of rotatable bonds is 0. The van der Waals surface area contributed by atoms with Gasteiger partial charge in [-0.25, -0.2) is 0 Å². The Balaban J connectivity index is 1.68. The standard InChI is InChI=1S/C16H24S2/c1-11-4-3-8-16-13-5-2-6-14(17)12(13)7-9-15(16,10-11)18-16/h12-14,17H,1-10H2/t12?,13?,14-,15?,16+/m0/s1. The lowest BCUT2D eigenvalue weighted by Crippen LogP contribution is -2.46. The van der Waals surface area contributed by atoms with E-state index in [0.29, 0.717) is 14.7 Å². The first-order valence-corrected chi connectivity index (χ1v) is 9.05. The molecule has 1 aliphatic heterocycles. The van der Waals surface area contributed by atoms with E-state index in [9.17, 15) is 0 Å². The quantitative estimate of drug-likeness (QED) is 0.376. The largest absolute Gasteiger partial charge is 0.176 e. The smallest absolute Gasteiger partial charge is 0.0352 e. The molecule has 0 spiro atoms. The van der Waals surface area contributed by atoms with E-state index < -0.39 is 0 Å². The molecule has 0 N–H and O–H groups in total. The SMILES string of the molecule is C=C1CCC[C@]23SC2(CCC2C3CCC[C@@H]2S)C1. The van der Waals surface area contributed by atoms with E-state index in [1.165, 1.54) is 57.8 Å². The van der Waals surface area contributed by atoms with Gasteiger partial charge in [-0.3, -0.25) is 0 Å². The molecule has 5 atom stereocenters. The van der Waals surface area contributed by atoms with Gasteiger partial charge < -0.3 is 0 Å². The van der Waals surface area contributed by atoms with E-state index in [-0.39, 0.29) is 0 Å². The molecular weight excluding hydrogens is 256 g/mol. The summed E-state index contributed by atoms with van der Waals surface area (Å²) in [7, 11) is 0. The Labute approximate surface area is 121 Å². The fourth-order valence-electron chi connectivity index (χ4n) is 5.45. The van der Waals surface area contributed by atoms with E-state index >= 15 is 0 Å². The molecule has 3 unspecified atom stereocenters. The van der Waals surface area contributed by atoms with Crippen molar-refractivity contribution in [1.82, 2.24) is 0 Å². The van der Waals surface area contributed by atoms with Gasteiger partial charge >= 0.3 is 0 Å². The fraction of sp³-hybridized carbons (Fsp3) is 0.875. The third-order valence-corrected chi connectivity index (χ3v) is 9.03. The number of hydrogen-bond acceptors (Lipinski definition) is 2. The van der Waals surface area contributed by atoms with E-state index in [4.69, 9.17) is 12.6 Å². The van der Waals surface area contributed by atoms with Crippen LogP contribution in [0.2, 0.25) is 0 Å². The molecule has 0 amide bonds. The molecule has 0 radical (unpaired) electrons. The summed E-state index contributed by atoms with van der Waals surface area (Å²) in [5.74, 6) is 1.91. The molecule has 0 aromatic rings. The van der Waals surface area contributed by atoms with Gasteiger partial charge in [0.05, 0.1) is 0 Å². The van der Waals surface area contributed by atoms with Crippen LogP contribution in [0.3, 0.4) is 0 Å². The lowest BCUT2D eigenvalue weighted by atomic mass is 9.60. The summed E-state index contributed by atoms with van der Waals surface area (Å²) in [6.07, 6.45) is 12.7. The number of allylic oxidation sites excluding steroid dienone is 1. The first-order chi connectivity index (χ1) is 8.67. The van der Waals surface area contributed by atoms with Crippen LogP contribution >= 0.6 is 24.4 Å². The van der Waals surface area contributed by atoms with Crippen molar-refractivity contribution >= 4 is 24.4 Å². The van der Waals surface area contributed by atoms with Crippen molar-refractivity contribution in [3.63, 3.8) is 0 Å². The van der Waals surface area contributed by atoms with Crippen molar-refractivity contribution < 1.29 is 0 Å². The second-order valence-electron chi connectivity index (χ2n) is 7.07. The van der Waals surface area contributed by atoms with Gasteiger partial charge in [-0.1, -0.05) is 18.6 Å². The van der Waals surface area contributed by atoms with Gasteiger partial charge in [0, 0.05) is 14.7 Å². The lowest BCUT2D eigenvalue weighted by Gasteiger charge is -2.46. The zero-order valence-electron chi connectivity index (χ0n) is 11.2. The van der Waals surface area contributed by atoms with Gasteiger partial charge in [0.25, 0.3) is 0 Å². The molecule has 18 heavy (non-hydrogen) atoms. The molecule has 3 saturated carbocycles. The van der Waals surface area contributed by atoms with Crippen LogP contribution in [0.5, 0.6) is 0 Å². The third-order valence-electron chi connectivity index (χ3n) is 6.23. The highest BCUT2D eigenvalue weighted by molar-refractivity contribution is 8.09. The van der Waals surface area contributed by atoms with Gasteiger partial charge in [-0.15, -0.1) is 11.8 Å². The first-order valence-electron chi connectivity index (χ1n) is 7.72. The Morgan fingerprint density at radius 2 is 2.06 bits per heavy atom. The summed E-state index contributed by atoms with van der Waals surface area (Å²) < 4.78 is 1.29. The number of thiol groups is 1. The van der Waals surface area contributed by atoms with Crippen LogP contribution < -0.4 is 0 Å². The number of thioether (sulfide) groups is 1. The van der Waals surface area contributed by atoms with E-state index in [1.807, 2.05) is 0 Å². The van der Waals surface area contributed by atoms with Gasteiger partial charge in [0.1, 0.15) is 0 Å². The molecule has 4 rings (SSSR count). The molecule has 3 aliphatic carbocycles. The topological polar surface area (TPSA) is 0 Å². The van der Waals surface area contributed by atoms with Crippen LogP contribution in [0, 0.1) is 11.8 Å². The predicted molar refractivity (Wildman–Crippen MR) is 83.5 cm³/mol. The Morgan fingerprint density at radius 3 is 2.94 bits per heavy atom. The van der Waals surface area contributed by atoms with Crippen LogP contribution in [0.25, 0.3) is 0 Å². The van der Waals surface area contributed by atoms with Crippen molar-refractivity contribution in [2.45, 2.75) is 72.5 Å². The molecule has 4 fully saturated rings. The van der Waals surface area contributed by atoms with E-state index in [2.05, 4.69) is 18.3 Å². The Bertz CT molecular complexity index is 387. The summed E-state index contributed by atoms with van der Waals surface area (Å²) in [6, 6.07) is 0. The molecule has 1 saturated heterocycles. The maximum absolute atomic E-state index is 4.91. The van der Waals surface area contributed by atoms with Gasteiger partial charge in [-0.2, -0.15) is 12.6 Å². The van der Waals surface area contributed by atoms with E-state index in [0.717, 1.165) is 11.8 Å². The highest BCUT2D eigenvalue weighted by atomic mass is 32.2. The minimum Gasteiger partial charge on any atom is -0.176 e. The van der Waals surface area contributed by atoms with Crippen LogP contribution in [0.15, 0.2) is 12.2 Å². The van der Waals surface area contributed by atoms with Crippen LogP contribution in [0.4, 0.5) is 0 Å². The predicted octanol–water partition coefficient (Wildman–Crippen LogP) is 4.85. The van der Waals surface area contributed by atoms with Gasteiger partial charge in [0.15, 0.2) is 0 Å². The highest BCUT2D eigenvalue weighted by Gasteiger charge is 2.74. The van der Waals surface area contributed by atoms with Crippen molar-refractivity contribution in [2.24, 2.45) is 11.8 Å².